The van der Waals surface area contributed by atoms with Gasteiger partial charge in [-0.15, -0.1) is 0 Å². The van der Waals surface area contributed by atoms with Crippen molar-refractivity contribution in [3.63, 3.8) is 0 Å². The highest BCUT2D eigenvalue weighted by Crippen LogP contribution is 2.18. The average Bonchev–Trinajstić information content (AvgIpc) is 2.65. The van der Waals surface area contributed by atoms with Gasteiger partial charge in [-0.1, -0.05) is 48.5 Å². The van der Waals surface area contributed by atoms with E-state index in [1.165, 1.54) is 30.1 Å². The first-order chi connectivity index (χ1) is 12.2. The monoisotopic (exact) mass is 339 g/mol. The minimum absolute atomic E-state index is 0.121. The van der Waals surface area contributed by atoms with Gasteiger partial charge in [-0.05, 0) is 30.5 Å². The molecule has 132 valence electrons. The molecular formula is C21H29N3O+2. The normalized spacial score (nSPS) is 20.2. The number of carbonyl (C=O) groups excluding carboxylic acids is 1. The molecule has 25 heavy (non-hydrogen) atoms. The molecule has 1 saturated heterocycles. The predicted octanol–water partition coefficient (Wildman–Crippen LogP) is 0.0192. The van der Waals surface area contributed by atoms with E-state index in [0.29, 0.717) is 6.54 Å². The van der Waals surface area contributed by atoms with Crippen molar-refractivity contribution >= 4 is 11.6 Å². The van der Waals surface area contributed by atoms with Gasteiger partial charge in [-0.25, -0.2) is 0 Å². The number of likely N-dealkylation sites (N-methyl/N-ethyl adjacent to an activating group) is 1. The molecule has 1 heterocycles. The SMILES string of the molecule is CC[NH+]1CC[NH+](CC(=O)Nc2ccccc2Cc2ccccc2)CC1. The number of hydrogen-bond donors (Lipinski definition) is 3. The second kappa shape index (κ2) is 8.79. The summed E-state index contributed by atoms with van der Waals surface area (Å²) in [5.74, 6) is 0.121. The molecule has 1 amide bonds. The quantitative estimate of drug-likeness (QED) is 0.682. The van der Waals surface area contributed by atoms with E-state index in [9.17, 15) is 4.79 Å². The molecule has 1 aliphatic heterocycles. The molecule has 3 rings (SSSR count). The molecule has 0 aromatic heterocycles. The maximum absolute atomic E-state index is 12.5. The van der Waals surface area contributed by atoms with Gasteiger partial charge in [0.2, 0.25) is 0 Å². The van der Waals surface area contributed by atoms with E-state index in [4.69, 9.17) is 0 Å². The van der Waals surface area contributed by atoms with Gasteiger partial charge in [-0.3, -0.25) is 4.79 Å². The fraction of sp³-hybridized carbons (Fsp3) is 0.381. The topological polar surface area (TPSA) is 38.0 Å². The van der Waals surface area contributed by atoms with Crippen molar-refractivity contribution in [2.75, 3.05) is 44.6 Å². The van der Waals surface area contributed by atoms with Gasteiger partial charge in [0.1, 0.15) is 26.2 Å². The highest BCUT2D eigenvalue weighted by atomic mass is 16.2. The Balaban J connectivity index is 1.58. The van der Waals surface area contributed by atoms with Crippen molar-refractivity contribution in [2.45, 2.75) is 13.3 Å². The van der Waals surface area contributed by atoms with E-state index in [1.807, 2.05) is 24.3 Å². The second-order valence-electron chi connectivity index (χ2n) is 6.90. The number of benzene rings is 2. The molecule has 1 fully saturated rings. The van der Waals surface area contributed by atoms with Crippen LogP contribution in [-0.2, 0) is 11.2 Å². The molecule has 3 N–H and O–H groups in total. The summed E-state index contributed by atoms with van der Waals surface area (Å²) in [6.07, 6.45) is 0.836. The van der Waals surface area contributed by atoms with Gasteiger partial charge in [0.15, 0.2) is 6.54 Å². The van der Waals surface area contributed by atoms with Gasteiger partial charge in [0.25, 0.3) is 5.91 Å². The van der Waals surface area contributed by atoms with Crippen LogP contribution in [0.5, 0.6) is 0 Å². The third kappa shape index (κ3) is 5.15. The lowest BCUT2D eigenvalue weighted by molar-refractivity contribution is -1.01. The Morgan fingerprint density at radius 2 is 1.56 bits per heavy atom. The molecule has 0 radical (unpaired) electrons. The second-order valence-corrected chi connectivity index (χ2v) is 6.90. The van der Waals surface area contributed by atoms with E-state index in [0.717, 1.165) is 30.8 Å². The molecule has 0 unspecified atom stereocenters. The molecule has 2 aromatic carbocycles. The predicted molar refractivity (Wildman–Crippen MR) is 101 cm³/mol. The lowest BCUT2D eigenvalue weighted by Gasteiger charge is -2.28. The molecule has 0 saturated carbocycles. The molecule has 0 atom stereocenters. The lowest BCUT2D eigenvalue weighted by atomic mass is 10.0. The number of carbonyl (C=O) groups is 1. The number of quaternary nitrogens is 2. The number of anilines is 1. The van der Waals surface area contributed by atoms with Crippen molar-refractivity contribution in [1.29, 1.82) is 0 Å². The van der Waals surface area contributed by atoms with Crippen LogP contribution in [0.2, 0.25) is 0 Å². The first-order valence-electron chi connectivity index (χ1n) is 9.33. The number of hydrogen-bond acceptors (Lipinski definition) is 1. The Hall–Kier alpha value is -2.17. The van der Waals surface area contributed by atoms with Crippen LogP contribution in [0, 0.1) is 0 Å². The lowest BCUT2D eigenvalue weighted by Crippen LogP contribution is -3.28. The van der Waals surface area contributed by atoms with E-state index >= 15 is 0 Å². The Morgan fingerprint density at radius 1 is 0.920 bits per heavy atom. The van der Waals surface area contributed by atoms with E-state index in [2.05, 4.69) is 42.6 Å². The summed E-state index contributed by atoms with van der Waals surface area (Å²) in [5.41, 5.74) is 3.36. The molecule has 0 bridgehead atoms. The number of para-hydroxylation sites is 1. The number of piperazine rings is 1. The summed E-state index contributed by atoms with van der Waals surface area (Å²) >= 11 is 0. The molecule has 0 spiro atoms. The molecule has 4 nitrogen and oxygen atoms in total. The van der Waals surface area contributed by atoms with Crippen molar-refractivity contribution in [2.24, 2.45) is 0 Å². The molecular weight excluding hydrogens is 310 g/mol. The molecule has 2 aromatic rings. The number of rotatable bonds is 6. The summed E-state index contributed by atoms with van der Waals surface area (Å²) in [6, 6.07) is 18.5. The van der Waals surface area contributed by atoms with Crippen LogP contribution in [0.3, 0.4) is 0 Å². The van der Waals surface area contributed by atoms with Crippen molar-refractivity contribution in [3.05, 3.63) is 65.7 Å². The van der Waals surface area contributed by atoms with Gasteiger partial charge in [-0.2, -0.15) is 0 Å². The summed E-state index contributed by atoms with van der Waals surface area (Å²) < 4.78 is 0. The van der Waals surface area contributed by atoms with Gasteiger partial charge in [0, 0.05) is 5.69 Å². The van der Waals surface area contributed by atoms with Crippen molar-refractivity contribution < 1.29 is 14.6 Å². The molecule has 0 aliphatic carbocycles. The Bertz CT molecular complexity index is 679. The Morgan fingerprint density at radius 3 is 2.28 bits per heavy atom. The maximum atomic E-state index is 12.5. The van der Waals surface area contributed by atoms with Crippen LogP contribution in [-0.4, -0.2) is 45.2 Å². The van der Waals surface area contributed by atoms with Crippen molar-refractivity contribution in [1.82, 2.24) is 0 Å². The van der Waals surface area contributed by atoms with Crippen LogP contribution in [0.15, 0.2) is 54.6 Å². The first kappa shape index (κ1) is 17.6. The first-order valence-corrected chi connectivity index (χ1v) is 9.33. The summed E-state index contributed by atoms with van der Waals surface area (Å²) in [7, 11) is 0. The van der Waals surface area contributed by atoms with Gasteiger partial charge in [0.05, 0.1) is 6.54 Å². The summed E-state index contributed by atoms with van der Waals surface area (Å²) in [6.45, 7) is 8.50. The van der Waals surface area contributed by atoms with Gasteiger partial charge >= 0.3 is 0 Å². The highest BCUT2D eigenvalue weighted by molar-refractivity contribution is 5.92. The zero-order valence-electron chi connectivity index (χ0n) is 15.1. The van der Waals surface area contributed by atoms with Crippen LogP contribution < -0.4 is 15.1 Å². The highest BCUT2D eigenvalue weighted by Gasteiger charge is 2.23. The standard InChI is InChI=1S/C21H27N3O/c1-2-23-12-14-24(15-13-23)17-21(25)22-20-11-7-6-10-19(20)16-18-8-4-3-5-9-18/h3-11H,2,12-17H2,1H3,(H,22,25)/p+2. The summed E-state index contributed by atoms with van der Waals surface area (Å²) in [5, 5.41) is 3.14. The fourth-order valence-electron chi connectivity index (χ4n) is 3.52. The Labute approximate surface area is 150 Å². The minimum Gasteiger partial charge on any atom is -0.326 e. The third-order valence-electron chi connectivity index (χ3n) is 5.10. The largest absolute Gasteiger partial charge is 0.326 e. The third-order valence-corrected chi connectivity index (χ3v) is 5.10. The maximum Gasteiger partial charge on any atom is 0.279 e. The summed E-state index contributed by atoms with van der Waals surface area (Å²) in [4.78, 5) is 15.5. The Kier molecular flexibility index (Phi) is 6.20. The van der Waals surface area contributed by atoms with E-state index in [-0.39, 0.29) is 5.91 Å². The van der Waals surface area contributed by atoms with Crippen LogP contribution in [0.1, 0.15) is 18.1 Å². The van der Waals surface area contributed by atoms with Gasteiger partial charge < -0.3 is 15.1 Å². The van der Waals surface area contributed by atoms with Crippen LogP contribution in [0.25, 0.3) is 0 Å². The van der Waals surface area contributed by atoms with E-state index < -0.39 is 0 Å². The molecule has 1 aliphatic rings. The van der Waals surface area contributed by atoms with E-state index in [1.54, 1.807) is 4.90 Å². The van der Waals surface area contributed by atoms with Crippen molar-refractivity contribution in [3.8, 4) is 0 Å². The van der Waals surface area contributed by atoms with Crippen LogP contribution >= 0.6 is 0 Å². The van der Waals surface area contributed by atoms with Crippen LogP contribution in [0.4, 0.5) is 5.69 Å². The fourth-order valence-corrected chi connectivity index (χ4v) is 3.52. The zero-order valence-corrected chi connectivity index (χ0v) is 15.1. The zero-order chi connectivity index (χ0) is 17.5. The number of nitrogens with one attached hydrogen (secondary N) is 3. The smallest absolute Gasteiger partial charge is 0.279 e. The number of amides is 1. The molecule has 4 heteroatoms. The average molecular weight is 339 g/mol. The minimum atomic E-state index is 0.121.